The lowest BCUT2D eigenvalue weighted by Crippen LogP contribution is -2.51. The number of alkyl halides is 3. The summed E-state index contributed by atoms with van der Waals surface area (Å²) in [7, 11) is 1.61. The van der Waals surface area contributed by atoms with Gasteiger partial charge in [-0.2, -0.15) is 13.2 Å². The van der Waals surface area contributed by atoms with Gasteiger partial charge in [-0.1, -0.05) is 51.1 Å². The van der Waals surface area contributed by atoms with E-state index < -0.39 is 17.8 Å². The molecule has 0 unspecified atom stereocenters. The molecule has 1 saturated heterocycles. The highest BCUT2D eigenvalue weighted by Crippen LogP contribution is 2.36. The summed E-state index contributed by atoms with van der Waals surface area (Å²) in [5.41, 5.74) is 2.66. The van der Waals surface area contributed by atoms with Crippen LogP contribution in [0.2, 0.25) is 0 Å². The van der Waals surface area contributed by atoms with E-state index in [-0.39, 0.29) is 36.3 Å². The molecular formula is C30H34F3N5O3. The zero-order valence-electron chi connectivity index (χ0n) is 23.6. The molecule has 5 rings (SSSR count). The first-order valence-corrected chi connectivity index (χ1v) is 13.6. The summed E-state index contributed by atoms with van der Waals surface area (Å²) in [6.07, 6.45) is -4.42. The molecule has 218 valence electrons. The number of anilines is 1. The highest BCUT2D eigenvalue weighted by molar-refractivity contribution is 6.03. The molecule has 11 heteroatoms. The number of likely N-dealkylation sites (N-methyl/N-ethyl adjacent to an activating group) is 1. The predicted molar refractivity (Wildman–Crippen MR) is 148 cm³/mol. The zero-order valence-corrected chi connectivity index (χ0v) is 23.6. The normalized spacial score (nSPS) is 20.0. The first-order valence-electron chi connectivity index (χ1n) is 13.6. The number of hydrogen-bond donors (Lipinski definition) is 1. The minimum atomic E-state index is -4.42. The van der Waals surface area contributed by atoms with Gasteiger partial charge >= 0.3 is 12.2 Å². The molecular weight excluding hydrogens is 535 g/mol. The third-order valence-corrected chi connectivity index (χ3v) is 8.04. The van der Waals surface area contributed by atoms with Crippen LogP contribution in [0.25, 0.3) is 0 Å². The van der Waals surface area contributed by atoms with Crippen LogP contribution in [-0.2, 0) is 21.2 Å². The summed E-state index contributed by atoms with van der Waals surface area (Å²) < 4.78 is 39.4. The Morgan fingerprint density at radius 2 is 1.61 bits per heavy atom. The fraction of sp³-hybridized carbons (Fsp3) is 0.433. The Morgan fingerprint density at radius 3 is 2.22 bits per heavy atom. The summed E-state index contributed by atoms with van der Waals surface area (Å²) in [5, 5.41) is 2.92. The maximum absolute atomic E-state index is 13.6. The van der Waals surface area contributed by atoms with Gasteiger partial charge in [-0.15, -0.1) is 0 Å². The Hall–Kier alpha value is -4.02. The van der Waals surface area contributed by atoms with E-state index in [4.69, 9.17) is 0 Å². The van der Waals surface area contributed by atoms with Crippen LogP contribution in [0.5, 0.6) is 0 Å². The van der Waals surface area contributed by atoms with Gasteiger partial charge in [-0.05, 0) is 34.7 Å². The van der Waals surface area contributed by atoms with Gasteiger partial charge in [0.15, 0.2) is 0 Å². The fourth-order valence-corrected chi connectivity index (χ4v) is 5.53. The van der Waals surface area contributed by atoms with Crippen molar-refractivity contribution in [2.75, 3.05) is 51.2 Å². The molecule has 0 saturated carbocycles. The van der Waals surface area contributed by atoms with Crippen LogP contribution in [0.15, 0.2) is 59.8 Å². The summed E-state index contributed by atoms with van der Waals surface area (Å²) in [4.78, 5) is 45.9. The molecule has 2 aromatic rings. The van der Waals surface area contributed by atoms with Gasteiger partial charge in [0.1, 0.15) is 6.54 Å². The predicted octanol–water partition coefficient (Wildman–Crippen LogP) is 4.14. The van der Waals surface area contributed by atoms with Gasteiger partial charge < -0.3 is 20.0 Å². The molecule has 1 N–H and O–H groups in total. The van der Waals surface area contributed by atoms with Gasteiger partial charge in [0.25, 0.3) is 5.91 Å². The van der Waals surface area contributed by atoms with Crippen LogP contribution in [0.3, 0.4) is 0 Å². The smallest absolute Gasteiger partial charge is 0.368 e. The van der Waals surface area contributed by atoms with Crippen molar-refractivity contribution in [3.05, 3.63) is 76.5 Å². The van der Waals surface area contributed by atoms with Crippen molar-refractivity contribution in [3.8, 4) is 0 Å². The van der Waals surface area contributed by atoms with Gasteiger partial charge in [0.2, 0.25) is 5.91 Å². The third-order valence-electron chi connectivity index (χ3n) is 8.04. The highest BCUT2D eigenvalue weighted by atomic mass is 19.4. The van der Waals surface area contributed by atoms with Gasteiger partial charge in [0.05, 0.1) is 29.4 Å². The Kier molecular flexibility index (Phi) is 7.25. The van der Waals surface area contributed by atoms with Crippen molar-refractivity contribution < 1.29 is 27.6 Å². The zero-order chi connectivity index (χ0) is 29.7. The van der Waals surface area contributed by atoms with Crippen molar-refractivity contribution in [3.63, 3.8) is 0 Å². The van der Waals surface area contributed by atoms with Crippen LogP contribution in [0.4, 0.5) is 23.7 Å². The number of carbonyl (C=O) groups is 3. The molecule has 0 aliphatic carbocycles. The number of rotatable bonds is 4. The number of halogens is 3. The van der Waals surface area contributed by atoms with Crippen molar-refractivity contribution in [1.29, 1.82) is 0 Å². The van der Waals surface area contributed by atoms with Crippen LogP contribution >= 0.6 is 0 Å². The number of amides is 4. The monoisotopic (exact) mass is 569 g/mol. The topological polar surface area (TPSA) is 76.2 Å². The molecule has 0 aromatic heterocycles. The lowest BCUT2D eigenvalue weighted by Gasteiger charge is -2.37. The Bertz CT molecular complexity index is 1390. The van der Waals surface area contributed by atoms with Gasteiger partial charge in [-0.3, -0.25) is 14.5 Å². The molecule has 3 aliphatic heterocycles. The summed E-state index contributed by atoms with van der Waals surface area (Å²) in [5.74, 6) is -0.539. The minimum absolute atomic E-state index is 0.0437. The van der Waals surface area contributed by atoms with Crippen LogP contribution in [-0.4, -0.2) is 78.9 Å². The lowest BCUT2D eigenvalue weighted by molar-refractivity contribution is -0.137. The molecule has 3 aliphatic rings. The second-order valence-corrected chi connectivity index (χ2v) is 11.8. The van der Waals surface area contributed by atoms with Crippen LogP contribution in [0.1, 0.15) is 43.5 Å². The number of urea groups is 1. The fourth-order valence-electron chi connectivity index (χ4n) is 5.53. The first kappa shape index (κ1) is 28.5. The molecule has 4 amide bonds. The Balaban J connectivity index is 1.25. The summed E-state index contributed by atoms with van der Waals surface area (Å²) >= 11 is 0. The minimum Gasteiger partial charge on any atom is -0.368 e. The first-order chi connectivity index (χ1) is 19.2. The number of benzene rings is 2. The molecule has 41 heavy (non-hydrogen) atoms. The van der Waals surface area contributed by atoms with Crippen molar-refractivity contribution in [1.82, 2.24) is 20.0 Å². The van der Waals surface area contributed by atoms with E-state index >= 15 is 0 Å². The molecule has 8 nitrogen and oxygen atoms in total. The van der Waals surface area contributed by atoms with Gasteiger partial charge in [0, 0.05) is 38.9 Å². The number of piperazine rings is 1. The van der Waals surface area contributed by atoms with Crippen molar-refractivity contribution in [2.24, 2.45) is 0 Å². The van der Waals surface area contributed by atoms with E-state index in [1.165, 1.54) is 15.9 Å². The van der Waals surface area contributed by atoms with Crippen LogP contribution < -0.4 is 10.2 Å². The summed E-state index contributed by atoms with van der Waals surface area (Å²) in [6, 6.07) is 12.1. The number of nitrogens with one attached hydrogen (secondary N) is 1. The van der Waals surface area contributed by atoms with E-state index in [9.17, 15) is 27.6 Å². The van der Waals surface area contributed by atoms with E-state index in [2.05, 4.69) is 26.1 Å². The molecule has 0 radical (unpaired) electrons. The molecule has 1 atom stereocenters. The number of carbonyl (C=O) groups excluding carboxylic acids is 3. The third kappa shape index (κ3) is 5.62. The van der Waals surface area contributed by atoms with E-state index in [0.717, 1.165) is 23.3 Å². The SMILES string of the molecule is CN1C(=O)N[C@@H](c2ccc(C(C)(C)C)cc2)C2=C1CN(CC(=O)N1CCN(c3cccc(C(F)(F)F)c3)CC1)C2=O. The second kappa shape index (κ2) is 10.4. The second-order valence-electron chi connectivity index (χ2n) is 11.8. The Morgan fingerprint density at radius 1 is 0.951 bits per heavy atom. The molecule has 0 spiro atoms. The maximum atomic E-state index is 13.6. The molecule has 1 fully saturated rings. The number of nitrogens with zero attached hydrogens (tertiary/aromatic N) is 4. The lowest BCUT2D eigenvalue weighted by atomic mass is 9.85. The molecule has 2 aromatic carbocycles. The largest absolute Gasteiger partial charge is 0.416 e. The highest BCUT2D eigenvalue weighted by Gasteiger charge is 2.43. The Labute approximate surface area is 237 Å². The molecule has 0 bridgehead atoms. The van der Waals surface area contributed by atoms with Crippen molar-refractivity contribution in [2.45, 2.75) is 38.4 Å². The van der Waals surface area contributed by atoms with E-state index in [1.54, 1.807) is 18.0 Å². The number of hydrogen-bond acceptors (Lipinski definition) is 4. The van der Waals surface area contributed by atoms with Crippen molar-refractivity contribution >= 4 is 23.5 Å². The summed E-state index contributed by atoms with van der Waals surface area (Å²) in [6.45, 7) is 7.74. The van der Waals surface area contributed by atoms with E-state index in [0.29, 0.717) is 43.1 Å². The quantitative estimate of drug-likeness (QED) is 0.601. The average Bonchev–Trinajstić information content (AvgIpc) is 3.26. The molecule has 3 heterocycles. The van der Waals surface area contributed by atoms with Gasteiger partial charge in [-0.25, -0.2) is 4.79 Å². The van der Waals surface area contributed by atoms with Crippen LogP contribution in [0, 0.1) is 0 Å². The maximum Gasteiger partial charge on any atom is 0.416 e. The van der Waals surface area contributed by atoms with E-state index in [1.807, 2.05) is 29.2 Å². The average molecular weight is 570 g/mol. The standard InChI is InChI=1S/C30H34F3N5O3/c1-29(2,3)20-10-8-19(9-11-20)26-25-23(35(4)28(41)34-26)17-38(27(25)40)18-24(39)37-14-12-36(13-15-37)22-7-5-6-21(16-22)30(31,32)33/h5-11,16,26H,12-15,17-18H2,1-4H3,(H,34,41)/t26-/m0/s1.